The zero-order valence-electron chi connectivity index (χ0n) is 18.0. The molecule has 3 aliphatic rings. The highest BCUT2D eigenvalue weighted by Gasteiger charge is 2.45. The molecule has 1 spiro atoms. The minimum atomic E-state index is 0.109. The first-order valence-corrected chi connectivity index (χ1v) is 11.4. The Morgan fingerprint density at radius 2 is 1.52 bits per heavy atom. The molecule has 3 rings (SSSR count). The summed E-state index contributed by atoms with van der Waals surface area (Å²) < 4.78 is 0. The largest absolute Gasteiger partial charge is 0.356 e. The molecule has 0 aromatic carbocycles. The van der Waals surface area contributed by atoms with E-state index in [1.54, 1.807) is 0 Å². The zero-order chi connectivity index (χ0) is 19.3. The number of nitrogens with one attached hydrogen (secondary N) is 1. The van der Waals surface area contributed by atoms with Gasteiger partial charge in [-0.05, 0) is 76.2 Å². The molecule has 1 saturated carbocycles. The lowest BCUT2D eigenvalue weighted by Crippen LogP contribution is -2.50. The Morgan fingerprint density at radius 1 is 0.963 bits per heavy atom. The van der Waals surface area contributed by atoms with Gasteiger partial charge in [-0.1, -0.05) is 20.8 Å². The van der Waals surface area contributed by atoms with Crippen LogP contribution in [0.3, 0.4) is 0 Å². The molecule has 2 saturated heterocycles. The van der Waals surface area contributed by atoms with Gasteiger partial charge in [-0.2, -0.15) is 0 Å². The summed E-state index contributed by atoms with van der Waals surface area (Å²) in [4.78, 5) is 19.6. The van der Waals surface area contributed by atoms with Crippen LogP contribution < -0.4 is 5.32 Å². The molecule has 0 aromatic heterocycles. The van der Waals surface area contributed by atoms with Crippen molar-refractivity contribution in [1.82, 2.24) is 20.0 Å². The molecule has 5 nitrogen and oxygen atoms in total. The van der Waals surface area contributed by atoms with Gasteiger partial charge in [0.15, 0.2) is 0 Å². The molecule has 1 amide bonds. The molecular weight excluding hydrogens is 336 g/mol. The third-order valence-electron chi connectivity index (χ3n) is 7.31. The van der Waals surface area contributed by atoms with Crippen molar-refractivity contribution in [3.05, 3.63) is 0 Å². The zero-order valence-corrected chi connectivity index (χ0v) is 18.0. The normalized spacial score (nSPS) is 25.0. The van der Waals surface area contributed by atoms with Crippen LogP contribution >= 0.6 is 0 Å². The first-order valence-electron chi connectivity index (χ1n) is 11.4. The van der Waals surface area contributed by atoms with Crippen LogP contribution in [0.4, 0.5) is 0 Å². The van der Waals surface area contributed by atoms with Crippen LogP contribution in [0.2, 0.25) is 0 Å². The van der Waals surface area contributed by atoms with Crippen LogP contribution in [0.25, 0.3) is 0 Å². The summed E-state index contributed by atoms with van der Waals surface area (Å²) in [5.74, 6) is 1.04. The van der Waals surface area contributed by atoms with Crippen molar-refractivity contribution in [3.63, 3.8) is 0 Å². The van der Waals surface area contributed by atoms with Gasteiger partial charge in [-0.25, -0.2) is 0 Å². The van der Waals surface area contributed by atoms with Crippen molar-refractivity contribution in [2.24, 2.45) is 17.3 Å². The van der Waals surface area contributed by atoms with E-state index in [9.17, 15) is 4.79 Å². The van der Waals surface area contributed by atoms with E-state index in [1.165, 1.54) is 91.0 Å². The lowest BCUT2D eigenvalue weighted by atomic mass is 9.57. The number of amides is 1. The van der Waals surface area contributed by atoms with Gasteiger partial charge in [0.25, 0.3) is 0 Å². The highest BCUT2D eigenvalue weighted by atomic mass is 16.1. The van der Waals surface area contributed by atoms with E-state index in [-0.39, 0.29) is 11.8 Å². The Balaban J connectivity index is 1.24. The van der Waals surface area contributed by atoms with Crippen molar-refractivity contribution < 1.29 is 4.79 Å². The number of carbonyl (C=O) groups is 1. The SMILES string of the molecule is CCN1CCN(CCCN2CCC3(CC2)CC(CNC(=O)C(C)C)C3)CC1. The molecular formula is C22H42N4O. The summed E-state index contributed by atoms with van der Waals surface area (Å²) in [5.41, 5.74) is 0.611. The van der Waals surface area contributed by atoms with Gasteiger partial charge in [-0.15, -0.1) is 0 Å². The van der Waals surface area contributed by atoms with Crippen molar-refractivity contribution in [3.8, 4) is 0 Å². The van der Waals surface area contributed by atoms with Gasteiger partial charge >= 0.3 is 0 Å². The predicted octanol–water partition coefficient (Wildman–Crippen LogP) is 2.28. The summed E-state index contributed by atoms with van der Waals surface area (Å²) in [5, 5.41) is 3.12. The number of likely N-dealkylation sites (N-methyl/N-ethyl adjacent to an activating group) is 1. The van der Waals surface area contributed by atoms with Crippen LogP contribution in [0.1, 0.15) is 52.9 Å². The molecule has 1 aliphatic carbocycles. The second-order valence-corrected chi connectivity index (χ2v) is 9.65. The molecule has 5 heteroatoms. The average Bonchev–Trinajstić information content (AvgIpc) is 2.66. The van der Waals surface area contributed by atoms with Gasteiger partial charge in [0.05, 0.1) is 0 Å². The maximum atomic E-state index is 11.7. The topological polar surface area (TPSA) is 38.8 Å². The van der Waals surface area contributed by atoms with Gasteiger partial charge in [-0.3, -0.25) is 4.79 Å². The molecule has 0 unspecified atom stereocenters. The van der Waals surface area contributed by atoms with Gasteiger partial charge in [0.2, 0.25) is 5.91 Å². The second kappa shape index (κ2) is 9.71. The van der Waals surface area contributed by atoms with E-state index in [4.69, 9.17) is 0 Å². The van der Waals surface area contributed by atoms with E-state index in [1.807, 2.05) is 13.8 Å². The number of carbonyl (C=O) groups excluding carboxylic acids is 1. The molecule has 27 heavy (non-hydrogen) atoms. The highest BCUT2D eigenvalue weighted by molar-refractivity contribution is 5.77. The van der Waals surface area contributed by atoms with Crippen LogP contribution in [0, 0.1) is 17.3 Å². The highest BCUT2D eigenvalue weighted by Crippen LogP contribution is 2.52. The maximum absolute atomic E-state index is 11.7. The van der Waals surface area contributed by atoms with Gasteiger partial charge in [0, 0.05) is 38.6 Å². The first-order chi connectivity index (χ1) is 13.0. The van der Waals surface area contributed by atoms with E-state index < -0.39 is 0 Å². The molecule has 3 fully saturated rings. The number of piperidine rings is 1. The lowest BCUT2D eigenvalue weighted by molar-refractivity contribution is -0.124. The second-order valence-electron chi connectivity index (χ2n) is 9.65. The number of hydrogen-bond acceptors (Lipinski definition) is 4. The Bertz CT molecular complexity index is 457. The number of nitrogens with zero attached hydrogens (tertiary/aromatic N) is 3. The summed E-state index contributed by atoms with van der Waals surface area (Å²) in [6.07, 6.45) is 6.73. The molecule has 0 bridgehead atoms. The summed E-state index contributed by atoms with van der Waals surface area (Å²) in [7, 11) is 0. The van der Waals surface area contributed by atoms with Crippen molar-refractivity contribution in [2.45, 2.75) is 52.9 Å². The van der Waals surface area contributed by atoms with Crippen molar-refractivity contribution in [2.75, 3.05) is 65.4 Å². The maximum Gasteiger partial charge on any atom is 0.222 e. The summed E-state index contributed by atoms with van der Waals surface area (Å²) >= 11 is 0. The van der Waals surface area contributed by atoms with Crippen LogP contribution in [-0.4, -0.2) is 86.1 Å². The first kappa shape index (κ1) is 21.1. The van der Waals surface area contributed by atoms with Gasteiger partial charge < -0.3 is 20.0 Å². The smallest absolute Gasteiger partial charge is 0.222 e. The Kier molecular flexibility index (Phi) is 7.57. The Hall–Kier alpha value is -0.650. The Labute approximate surface area is 166 Å². The van der Waals surface area contributed by atoms with E-state index in [2.05, 4.69) is 26.9 Å². The number of rotatable bonds is 8. The fraction of sp³-hybridized carbons (Fsp3) is 0.955. The van der Waals surface area contributed by atoms with Crippen molar-refractivity contribution >= 4 is 5.91 Å². The summed E-state index contributed by atoms with van der Waals surface area (Å²) in [6.45, 7) is 18.4. The van der Waals surface area contributed by atoms with Crippen LogP contribution in [-0.2, 0) is 4.79 Å². The summed E-state index contributed by atoms with van der Waals surface area (Å²) in [6, 6.07) is 0. The van der Waals surface area contributed by atoms with Crippen LogP contribution in [0.5, 0.6) is 0 Å². The third-order valence-corrected chi connectivity index (χ3v) is 7.31. The minimum Gasteiger partial charge on any atom is -0.356 e. The number of piperazine rings is 1. The van der Waals surface area contributed by atoms with E-state index >= 15 is 0 Å². The Morgan fingerprint density at radius 3 is 2.07 bits per heavy atom. The third kappa shape index (κ3) is 5.91. The minimum absolute atomic E-state index is 0.109. The molecule has 0 aromatic rings. The fourth-order valence-electron chi connectivity index (χ4n) is 5.26. The van der Waals surface area contributed by atoms with E-state index in [0.29, 0.717) is 5.41 Å². The molecule has 1 N–H and O–H groups in total. The number of likely N-dealkylation sites (tertiary alicyclic amines) is 1. The van der Waals surface area contributed by atoms with Crippen molar-refractivity contribution in [1.29, 1.82) is 0 Å². The predicted molar refractivity (Wildman–Crippen MR) is 112 cm³/mol. The fourth-order valence-corrected chi connectivity index (χ4v) is 5.26. The lowest BCUT2D eigenvalue weighted by Gasteiger charge is -2.52. The van der Waals surface area contributed by atoms with E-state index in [0.717, 1.165) is 12.5 Å². The standard InChI is InChI=1S/C22H42N4O/c1-4-24-12-14-26(15-13-24)9-5-8-25-10-6-22(7-11-25)16-20(17-22)18-23-21(27)19(2)3/h19-20H,4-18H2,1-3H3,(H,23,27). The van der Waals surface area contributed by atoms with Gasteiger partial charge in [0.1, 0.15) is 0 Å². The van der Waals surface area contributed by atoms with Crippen LogP contribution in [0.15, 0.2) is 0 Å². The average molecular weight is 379 g/mol. The monoisotopic (exact) mass is 378 g/mol. The molecule has 2 aliphatic heterocycles. The quantitative estimate of drug-likeness (QED) is 0.703. The molecule has 0 radical (unpaired) electrons. The molecule has 156 valence electrons. The number of hydrogen-bond donors (Lipinski definition) is 1. The molecule has 2 heterocycles. The molecule has 0 atom stereocenters.